The van der Waals surface area contributed by atoms with E-state index in [4.69, 9.17) is 0 Å². The van der Waals surface area contributed by atoms with Crippen LogP contribution in [-0.4, -0.2) is 32.0 Å². The van der Waals surface area contributed by atoms with Crippen molar-refractivity contribution in [3.8, 4) is 0 Å². The van der Waals surface area contributed by atoms with E-state index in [1.54, 1.807) is 12.4 Å². The van der Waals surface area contributed by atoms with Crippen molar-refractivity contribution < 1.29 is 0 Å². The second-order valence-electron chi connectivity index (χ2n) is 3.73. The highest BCUT2D eigenvalue weighted by molar-refractivity contribution is 5.19. The summed E-state index contributed by atoms with van der Waals surface area (Å²) in [6.07, 6.45) is 3.53. The number of hydrogen-bond acceptors (Lipinski definition) is 5. The first-order chi connectivity index (χ1) is 8.26. The molecule has 1 unspecified atom stereocenters. The van der Waals surface area contributed by atoms with Gasteiger partial charge in [0.25, 0.3) is 0 Å². The fraction of sp³-hybridized carbons (Fsp3) is 0.455. The number of aryl methyl sites for hydroxylation is 2. The third-order valence-electron chi connectivity index (χ3n) is 2.62. The lowest BCUT2D eigenvalue weighted by molar-refractivity contribution is 0.544. The number of hydrogen-bond donors (Lipinski definition) is 1. The Morgan fingerprint density at radius 1 is 1.47 bits per heavy atom. The highest BCUT2D eigenvalue weighted by atomic mass is 15.4. The normalized spacial score (nSPS) is 12.6. The van der Waals surface area contributed by atoms with Gasteiger partial charge in [-0.25, -0.2) is 14.6 Å². The summed E-state index contributed by atoms with van der Waals surface area (Å²) in [5.41, 5.74) is 1.94. The number of aromatic nitrogens is 5. The van der Waals surface area contributed by atoms with Gasteiger partial charge < -0.3 is 5.32 Å². The van der Waals surface area contributed by atoms with Crippen LogP contribution in [-0.2, 0) is 6.54 Å². The standard InChI is InChI=1S/C11H16N6/c1-4-17-10(7-14-16-17)11(12-3)9-5-6-13-8(2)15-9/h5-7,11-12H,4H2,1-3H3. The van der Waals surface area contributed by atoms with Crippen LogP contribution in [0.3, 0.4) is 0 Å². The Morgan fingerprint density at radius 3 is 2.94 bits per heavy atom. The van der Waals surface area contributed by atoms with Crippen LogP contribution < -0.4 is 5.32 Å². The van der Waals surface area contributed by atoms with Gasteiger partial charge in [0.15, 0.2) is 0 Å². The second kappa shape index (κ2) is 5.01. The van der Waals surface area contributed by atoms with Gasteiger partial charge in [0.05, 0.1) is 23.6 Å². The molecule has 90 valence electrons. The maximum Gasteiger partial charge on any atom is 0.125 e. The first kappa shape index (κ1) is 11.7. The van der Waals surface area contributed by atoms with Crippen molar-refractivity contribution in [2.45, 2.75) is 26.4 Å². The Balaban J connectivity index is 2.40. The molecule has 1 N–H and O–H groups in total. The molecule has 0 aromatic carbocycles. The highest BCUT2D eigenvalue weighted by Crippen LogP contribution is 2.18. The van der Waals surface area contributed by atoms with E-state index in [0.717, 1.165) is 23.8 Å². The van der Waals surface area contributed by atoms with Crippen molar-refractivity contribution in [1.29, 1.82) is 0 Å². The Labute approximate surface area is 100 Å². The Morgan fingerprint density at radius 2 is 2.29 bits per heavy atom. The molecule has 0 aliphatic carbocycles. The quantitative estimate of drug-likeness (QED) is 0.840. The van der Waals surface area contributed by atoms with E-state index in [9.17, 15) is 0 Å². The third kappa shape index (κ3) is 2.31. The molecule has 0 saturated heterocycles. The van der Waals surface area contributed by atoms with Gasteiger partial charge in [-0.15, -0.1) is 5.10 Å². The van der Waals surface area contributed by atoms with Crippen molar-refractivity contribution in [1.82, 2.24) is 30.3 Å². The minimum absolute atomic E-state index is 0.00773. The lowest BCUT2D eigenvalue weighted by atomic mass is 10.1. The van der Waals surface area contributed by atoms with Gasteiger partial charge in [-0.1, -0.05) is 5.21 Å². The van der Waals surface area contributed by atoms with E-state index in [0.29, 0.717) is 0 Å². The Kier molecular flexibility index (Phi) is 3.43. The average molecular weight is 232 g/mol. The van der Waals surface area contributed by atoms with Gasteiger partial charge >= 0.3 is 0 Å². The molecule has 2 aromatic rings. The van der Waals surface area contributed by atoms with Gasteiger partial charge in [0.2, 0.25) is 0 Å². The molecule has 0 fully saturated rings. The molecule has 0 aliphatic rings. The van der Waals surface area contributed by atoms with Crippen LogP contribution in [0.15, 0.2) is 18.5 Å². The minimum Gasteiger partial charge on any atom is -0.307 e. The highest BCUT2D eigenvalue weighted by Gasteiger charge is 2.18. The SMILES string of the molecule is CCn1nncc1C(NC)c1ccnc(C)n1. The van der Waals surface area contributed by atoms with Gasteiger partial charge in [0.1, 0.15) is 5.82 Å². The number of rotatable bonds is 4. The van der Waals surface area contributed by atoms with Crippen LogP contribution in [0.4, 0.5) is 0 Å². The summed E-state index contributed by atoms with van der Waals surface area (Å²) in [5, 5.41) is 11.2. The fourth-order valence-corrected chi connectivity index (χ4v) is 1.82. The molecule has 2 heterocycles. The zero-order valence-electron chi connectivity index (χ0n) is 10.3. The summed E-state index contributed by atoms with van der Waals surface area (Å²) in [5.74, 6) is 0.762. The summed E-state index contributed by atoms with van der Waals surface area (Å²) in [7, 11) is 1.90. The van der Waals surface area contributed by atoms with Crippen LogP contribution in [0.2, 0.25) is 0 Å². The molecule has 6 nitrogen and oxygen atoms in total. The third-order valence-corrected chi connectivity index (χ3v) is 2.62. The van der Waals surface area contributed by atoms with Gasteiger partial charge in [0, 0.05) is 12.7 Å². The molecule has 17 heavy (non-hydrogen) atoms. The second-order valence-corrected chi connectivity index (χ2v) is 3.73. The van der Waals surface area contributed by atoms with E-state index in [-0.39, 0.29) is 6.04 Å². The summed E-state index contributed by atoms with van der Waals surface area (Å²) in [4.78, 5) is 8.54. The maximum atomic E-state index is 4.43. The maximum absolute atomic E-state index is 4.43. The van der Waals surface area contributed by atoms with Crippen LogP contribution in [0.1, 0.15) is 30.2 Å². The molecule has 2 aromatic heterocycles. The van der Waals surface area contributed by atoms with E-state index in [1.165, 1.54) is 0 Å². The molecule has 6 heteroatoms. The Hall–Kier alpha value is -1.82. The van der Waals surface area contributed by atoms with Gasteiger partial charge in [-0.05, 0) is 27.0 Å². The number of nitrogens with zero attached hydrogens (tertiary/aromatic N) is 5. The predicted molar refractivity (Wildman–Crippen MR) is 63.4 cm³/mol. The molecule has 0 radical (unpaired) electrons. The summed E-state index contributed by atoms with van der Waals surface area (Å²) >= 11 is 0. The first-order valence-corrected chi connectivity index (χ1v) is 5.61. The number of nitrogens with one attached hydrogen (secondary N) is 1. The van der Waals surface area contributed by atoms with E-state index >= 15 is 0 Å². The summed E-state index contributed by atoms with van der Waals surface area (Å²) in [6.45, 7) is 4.71. The van der Waals surface area contributed by atoms with Gasteiger partial charge in [-0.3, -0.25) is 0 Å². The van der Waals surface area contributed by atoms with Crippen LogP contribution in [0.5, 0.6) is 0 Å². The molecule has 0 amide bonds. The molecule has 2 rings (SSSR count). The zero-order chi connectivity index (χ0) is 12.3. The van der Waals surface area contributed by atoms with E-state index < -0.39 is 0 Å². The average Bonchev–Trinajstić information content (AvgIpc) is 2.78. The summed E-state index contributed by atoms with van der Waals surface area (Å²) < 4.78 is 1.86. The molecule has 0 aliphatic heterocycles. The van der Waals surface area contributed by atoms with Crippen molar-refractivity contribution in [2.24, 2.45) is 0 Å². The lowest BCUT2D eigenvalue weighted by Gasteiger charge is -2.16. The van der Waals surface area contributed by atoms with Gasteiger partial charge in [-0.2, -0.15) is 0 Å². The van der Waals surface area contributed by atoms with Crippen LogP contribution >= 0.6 is 0 Å². The van der Waals surface area contributed by atoms with Crippen LogP contribution in [0, 0.1) is 6.92 Å². The monoisotopic (exact) mass is 232 g/mol. The zero-order valence-corrected chi connectivity index (χ0v) is 10.3. The molecule has 0 bridgehead atoms. The van der Waals surface area contributed by atoms with E-state index in [2.05, 4.69) is 25.6 Å². The molecular formula is C11H16N6. The van der Waals surface area contributed by atoms with Crippen molar-refractivity contribution in [3.63, 3.8) is 0 Å². The van der Waals surface area contributed by atoms with Crippen LogP contribution in [0.25, 0.3) is 0 Å². The largest absolute Gasteiger partial charge is 0.307 e. The fourth-order valence-electron chi connectivity index (χ4n) is 1.82. The topological polar surface area (TPSA) is 68.5 Å². The molecular weight excluding hydrogens is 216 g/mol. The first-order valence-electron chi connectivity index (χ1n) is 5.61. The molecule has 0 spiro atoms. The Bertz CT molecular complexity index is 492. The lowest BCUT2D eigenvalue weighted by Crippen LogP contribution is -2.22. The van der Waals surface area contributed by atoms with Crippen molar-refractivity contribution >= 4 is 0 Å². The molecule has 1 atom stereocenters. The molecule has 0 saturated carbocycles. The predicted octanol–water partition coefficient (Wildman–Crippen LogP) is 0.705. The van der Waals surface area contributed by atoms with Crippen molar-refractivity contribution in [2.75, 3.05) is 7.05 Å². The minimum atomic E-state index is -0.00773. The van der Waals surface area contributed by atoms with E-state index in [1.807, 2.05) is 31.6 Å². The summed E-state index contributed by atoms with van der Waals surface area (Å²) in [6, 6.07) is 1.90. The smallest absolute Gasteiger partial charge is 0.125 e. The van der Waals surface area contributed by atoms with Crippen molar-refractivity contribution in [3.05, 3.63) is 35.7 Å².